The Morgan fingerprint density at radius 1 is 1.04 bits per heavy atom. The molecule has 10 heteroatoms. The molecule has 9 nitrogen and oxygen atoms in total. The van der Waals surface area contributed by atoms with Crippen LogP contribution in [0.4, 0.5) is 0 Å². The summed E-state index contributed by atoms with van der Waals surface area (Å²) in [5.41, 5.74) is 0. The van der Waals surface area contributed by atoms with Crippen molar-refractivity contribution in [2.75, 3.05) is 46.9 Å². The Labute approximate surface area is 152 Å². The van der Waals surface area contributed by atoms with E-state index in [-0.39, 0.29) is 29.0 Å². The lowest BCUT2D eigenvalue weighted by atomic mass is 10.3. The van der Waals surface area contributed by atoms with Gasteiger partial charge in [-0.2, -0.15) is 0 Å². The molecule has 1 aliphatic rings. The van der Waals surface area contributed by atoms with Crippen LogP contribution in [-0.2, 0) is 19.6 Å². The van der Waals surface area contributed by atoms with E-state index in [2.05, 4.69) is 4.72 Å². The van der Waals surface area contributed by atoms with Gasteiger partial charge in [0.1, 0.15) is 0 Å². The number of benzene rings is 1. The van der Waals surface area contributed by atoms with Gasteiger partial charge in [-0.05, 0) is 12.1 Å². The number of carbonyl (C=O) groups excluding carboxylic acids is 2. The maximum atomic E-state index is 12.4. The highest BCUT2D eigenvalue weighted by molar-refractivity contribution is 7.89. The second-order valence-corrected chi connectivity index (χ2v) is 7.50. The summed E-state index contributed by atoms with van der Waals surface area (Å²) in [6.07, 6.45) is 0. The number of amides is 2. The first-order chi connectivity index (χ1) is 12.3. The van der Waals surface area contributed by atoms with Gasteiger partial charge in [0.05, 0.1) is 25.7 Å². The van der Waals surface area contributed by atoms with Crippen molar-refractivity contribution in [2.24, 2.45) is 0 Å². The maximum absolute atomic E-state index is 12.4. The van der Waals surface area contributed by atoms with Gasteiger partial charge in [-0.1, -0.05) is 0 Å². The van der Waals surface area contributed by atoms with Crippen LogP contribution in [0.5, 0.6) is 11.5 Å². The zero-order valence-corrected chi connectivity index (χ0v) is 15.8. The van der Waals surface area contributed by atoms with Crippen molar-refractivity contribution in [2.45, 2.75) is 11.8 Å². The van der Waals surface area contributed by atoms with Crippen molar-refractivity contribution in [3.05, 3.63) is 18.2 Å². The smallest absolute Gasteiger partial charge is 0.241 e. The fourth-order valence-electron chi connectivity index (χ4n) is 2.61. The van der Waals surface area contributed by atoms with E-state index >= 15 is 0 Å². The molecule has 144 valence electrons. The lowest BCUT2D eigenvalue weighted by molar-refractivity contribution is -0.137. The van der Waals surface area contributed by atoms with Gasteiger partial charge in [0.25, 0.3) is 0 Å². The molecule has 0 unspecified atom stereocenters. The second-order valence-electron chi connectivity index (χ2n) is 5.73. The van der Waals surface area contributed by atoms with E-state index in [1.807, 2.05) is 0 Å². The summed E-state index contributed by atoms with van der Waals surface area (Å²) in [4.78, 5) is 26.7. The third kappa shape index (κ3) is 4.64. The number of nitrogens with zero attached hydrogens (tertiary/aromatic N) is 2. The Bertz CT molecular complexity index is 772. The molecule has 1 N–H and O–H groups in total. The Morgan fingerprint density at radius 3 is 2.15 bits per heavy atom. The molecule has 1 fully saturated rings. The van der Waals surface area contributed by atoms with E-state index in [4.69, 9.17) is 9.47 Å². The first kappa shape index (κ1) is 20.0. The van der Waals surface area contributed by atoms with Crippen LogP contribution in [0.25, 0.3) is 0 Å². The van der Waals surface area contributed by atoms with Gasteiger partial charge in [0, 0.05) is 39.2 Å². The number of carbonyl (C=O) groups is 2. The topological polar surface area (TPSA) is 105 Å². The van der Waals surface area contributed by atoms with Gasteiger partial charge >= 0.3 is 0 Å². The standard InChI is InChI=1S/C16H23N3O6S/c1-12(20)18-6-8-19(9-7-18)16(21)11-17-26(22,23)13-4-5-14(24-2)15(10-13)25-3/h4-5,10,17H,6-9,11H2,1-3H3. The van der Waals surface area contributed by atoms with Crippen LogP contribution < -0.4 is 14.2 Å². The second kappa shape index (κ2) is 8.37. The minimum absolute atomic E-state index is 0.0238. The Kier molecular flexibility index (Phi) is 6.43. The highest BCUT2D eigenvalue weighted by atomic mass is 32.2. The summed E-state index contributed by atoms with van der Waals surface area (Å²) in [7, 11) is -1.01. The molecule has 1 saturated heterocycles. The molecule has 0 aliphatic carbocycles. The van der Waals surface area contributed by atoms with Crippen molar-refractivity contribution < 1.29 is 27.5 Å². The molecule has 1 heterocycles. The van der Waals surface area contributed by atoms with Gasteiger partial charge in [-0.25, -0.2) is 13.1 Å². The molecule has 0 bridgehead atoms. The minimum Gasteiger partial charge on any atom is -0.493 e. The monoisotopic (exact) mass is 385 g/mol. The van der Waals surface area contributed by atoms with Crippen LogP contribution in [0, 0.1) is 0 Å². The molecular weight excluding hydrogens is 362 g/mol. The first-order valence-corrected chi connectivity index (χ1v) is 9.52. The highest BCUT2D eigenvalue weighted by Gasteiger charge is 2.24. The molecule has 1 aromatic rings. The molecule has 0 atom stereocenters. The van der Waals surface area contributed by atoms with Crippen LogP contribution in [-0.4, -0.2) is 77.0 Å². The summed E-state index contributed by atoms with van der Waals surface area (Å²) >= 11 is 0. The predicted octanol–water partition coefficient (Wildman–Crippen LogP) is -0.327. The summed E-state index contributed by atoms with van der Waals surface area (Å²) in [5.74, 6) is 0.316. The van der Waals surface area contributed by atoms with Crippen molar-refractivity contribution in [1.82, 2.24) is 14.5 Å². The normalized spacial score (nSPS) is 14.9. The van der Waals surface area contributed by atoms with E-state index in [9.17, 15) is 18.0 Å². The lowest BCUT2D eigenvalue weighted by Gasteiger charge is -2.34. The Morgan fingerprint density at radius 2 is 1.62 bits per heavy atom. The molecule has 0 radical (unpaired) electrons. The van der Waals surface area contributed by atoms with E-state index in [0.29, 0.717) is 31.9 Å². The number of hydrogen-bond donors (Lipinski definition) is 1. The van der Waals surface area contributed by atoms with Crippen molar-refractivity contribution in [3.63, 3.8) is 0 Å². The van der Waals surface area contributed by atoms with E-state index in [1.165, 1.54) is 44.2 Å². The lowest BCUT2D eigenvalue weighted by Crippen LogP contribution is -2.52. The molecule has 0 saturated carbocycles. The predicted molar refractivity (Wildman–Crippen MR) is 93.6 cm³/mol. The molecular formula is C16H23N3O6S. The summed E-state index contributed by atoms with van der Waals surface area (Å²) in [6.45, 7) is 2.80. The van der Waals surface area contributed by atoms with Crippen LogP contribution in [0.15, 0.2) is 23.1 Å². The van der Waals surface area contributed by atoms with Crippen LogP contribution in [0.3, 0.4) is 0 Å². The number of ether oxygens (including phenoxy) is 2. The van der Waals surface area contributed by atoms with E-state index < -0.39 is 10.0 Å². The van der Waals surface area contributed by atoms with Gasteiger partial charge in [-0.15, -0.1) is 0 Å². The third-order valence-electron chi connectivity index (χ3n) is 4.16. The molecule has 26 heavy (non-hydrogen) atoms. The van der Waals surface area contributed by atoms with E-state index in [1.54, 1.807) is 4.90 Å². The van der Waals surface area contributed by atoms with Gasteiger partial charge in [-0.3, -0.25) is 9.59 Å². The molecule has 1 aliphatic heterocycles. The average molecular weight is 385 g/mol. The quantitative estimate of drug-likeness (QED) is 0.719. The van der Waals surface area contributed by atoms with Crippen LogP contribution in [0.1, 0.15) is 6.92 Å². The molecule has 0 aromatic heterocycles. The summed E-state index contributed by atoms with van der Waals surface area (Å²) in [5, 5.41) is 0. The fourth-order valence-corrected chi connectivity index (χ4v) is 3.60. The highest BCUT2D eigenvalue weighted by Crippen LogP contribution is 2.29. The van der Waals surface area contributed by atoms with Crippen LogP contribution >= 0.6 is 0 Å². The number of piperazine rings is 1. The Balaban J connectivity index is 1.98. The zero-order chi connectivity index (χ0) is 19.3. The minimum atomic E-state index is -3.87. The number of hydrogen-bond acceptors (Lipinski definition) is 6. The molecule has 0 spiro atoms. The van der Waals surface area contributed by atoms with Gasteiger partial charge in [0.15, 0.2) is 11.5 Å². The molecule has 2 rings (SSSR count). The van der Waals surface area contributed by atoms with Crippen molar-refractivity contribution >= 4 is 21.8 Å². The first-order valence-electron chi connectivity index (χ1n) is 8.03. The zero-order valence-electron chi connectivity index (χ0n) is 15.0. The molecule has 1 aromatic carbocycles. The van der Waals surface area contributed by atoms with Gasteiger partial charge < -0.3 is 19.3 Å². The fraction of sp³-hybridized carbons (Fsp3) is 0.500. The summed E-state index contributed by atoms with van der Waals surface area (Å²) < 4.78 is 37.3. The largest absolute Gasteiger partial charge is 0.493 e. The van der Waals surface area contributed by atoms with Crippen molar-refractivity contribution in [3.8, 4) is 11.5 Å². The summed E-state index contributed by atoms with van der Waals surface area (Å²) in [6, 6.07) is 4.19. The number of sulfonamides is 1. The van der Waals surface area contributed by atoms with E-state index in [0.717, 1.165) is 0 Å². The molecule has 2 amide bonds. The average Bonchev–Trinajstić information content (AvgIpc) is 2.65. The SMILES string of the molecule is COc1ccc(S(=O)(=O)NCC(=O)N2CCN(C(C)=O)CC2)cc1OC. The number of nitrogens with one attached hydrogen (secondary N) is 1. The Hall–Kier alpha value is -2.33. The maximum Gasteiger partial charge on any atom is 0.241 e. The van der Waals surface area contributed by atoms with Gasteiger partial charge in [0.2, 0.25) is 21.8 Å². The number of methoxy groups -OCH3 is 2. The number of rotatable bonds is 6. The van der Waals surface area contributed by atoms with Crippen LogP contribution in [0.2, 0.25) is 0 Å². The van der Waals surface area contributed by atoms with Crippen molar-refractivity contribution in [1.29, 1.82) is 0 Å². The third-order valence-corrected chi connectivity index (χ3v) is 5.56.